The van der Waals surface area contributed by atoms with Crippen LogP contribution in [0, 0.1) is 10.1 Å². The summed E-state index contributed by atoms with van der Waals surface area (Å²) in [4.78, 5) is 12.2. The normalized spacial score (nSPS) is 17.3. The molecule has 0 aliphatic carbocycles. The summed E-state index contributed by atoms with van der Waals surface area (Å²) in [6.45, 7) is 2.04. The molecule has 0 aromatic heterocycles. The van der Waals surface area contributed by atoms with Gasteiger partial charge in [-0.15, -0.1) is 0 Å². The fourth-order valence-corrected chi connectivity index (χ4v) is 5.07. The maximum atomic E-state index is 12.7. The van der Waals surface area contributed by atoms with Gasteiger partial charge in [-0.05, 0) is 19.0 Å². The van der Waals surface area contributed by atoms with Crippen molar-refractivity contribution in [3.63, 3.8) is 0 Å². The van der Waals surface area contributed by atoms with E-state index >= 15 is 0 Å². The van der Waals surface area contributed by atoms with Gasteiger partial charge < -0.3 is 4.90 Å². The van der Waals surface area contributed by atoms with Crippen LogP contribution in [0.3, 0.4) is 0 Å². The lowest BCUT2D eigenvalue weighted by Gasteiger charge is -2.34. The number of hydrogen-bond acceptors (Lipinski definition) is 7. The average molecular weight is 421 g/mol. The molecule has 1 aromatic carbocycles. The van der Waals surface area contributed by atoms with E-state index in [4.69, 9.17) is 0 Å². The van der Waals surface area contributed by atoms with Crippen LogP contribution in [-0.2, 0) is 20.0 Å². The molecule has 0 spiro atoms. The van der Waals surface area contributed by atoms with Gasteiger partial charge in [-0.3, -0.25) is 10.1 Å². The van der Waals surface area contributed by atoms with Crippen LogP contribution in [0.2, 0.25) is 0 Å². The quantitative estimate of drug-likeness (QED) is 0.434. The van der Waals surface area contributed by atoms with E-state index in [1.54, 1.807) is 0 Å². The number of nitro groups is 1. The predicted octanol–water partition coefficient (Wildman–Crippen LogP) is 0.183. The topological polar surface area (TPSA) is 121 Å². The third-order valence-electron chi connectivity index (χ3n) is 4.43. The molecule has 2 rings (SSSR count). The van der Waals surface area contributed by atoms with Crippen LogP contribution in [0.4, 0.5) is 5.69 Å². The molecular formula is C15H24N4O6S2. The number of non-ortho nitro benzene ring substituents is 1. The lowest BCUT2D eigenvalue weighted by molar-refractivity contribution is -0.385. The SMILES string of the molecule is CN(C)S(=O)(=O)CCCN1CCN(S(=O)(=O)c2cccc([N+](=O)[O-])c2)CC1. The Morgan fingerprint density at radius 1 is 1.11 bits per heavy atom. The second-order valence-electron chi connectivity index (χ2n) is 6.45. The minimum Gasteiger partial charge on any atom is -0.301 e. The summed E-state index contributed by atoms with van der Waals surface area (Å²) in [5.41, 5.74) is -0.267. The Morgan fingerprint density at radius 3 is 2.30 bits per heavy atom. The summed E-state index contributed by atoms with van der Waals surface area (Å²) in [5.74, 6) is 0.0478. The van der Waals surface area contributed by atoms with E-state index in [1.165, 1.54) is 40.9 Å². The van der Waals surface area contributed by atoms with Crippen molar-refractivity contribution in [2.24, 2.45) is 0 Å². The summed E-state index contributed by atoms with van der Waals surface area (Å²) in [5, 5.41) is 10.9. The second-order valence-corrected chi connectivity index (χ2v) is 10.7. The first-order chi connectivity index (χ1) is 12.5. The molecule has 0 bridgehead atoms. The standard InChI is InChI=1S/C15H24N4O6S2/c1-16(2)26(22,23)12-4-7-17-8-10-18(11-9-17)27(24,25)15-6-3-5-14(13-15)19(20)21/h3,5-6,13H,4,7-12H2,1-2H3. The monoisotopic (exact) mass is 420 g/mol. The van der Waals surface area contributed by atoms with E-state index in [9.17, 15) is 26.9 Å². The van der Waals surface area contributed by atoms with Crippen molar-refractivity contribution < 1.29 is 21.8 Å². The molecule has 0 atom stereocenters. The molecule has 12 heteroatoms. The predicted molar refractivity (Wildman–Crippen MR) is 100 cm³/mol. The van der Waals surface area contributed by atoms with Crippen LogP contribution in [0.1, 0.15) is 6.42 Å². The van der Waals surface area contributed by atoms with Gasteiger partial charge in [0.1, 0.15) is 0 Å². The van der Waals surface area contributed by atoms with Crippen molar-refractivity contribution >= 4 is 25.7 Å². The highest BCUT2D eigenvalue weighted by molar-refractivity contribution is 7.89. The molecule has 1 saturated heterocycles. The molecular weight excluding hydrogens is 396 g/mol. The molecule has 1 aromatic rings. The Kier molecular flexibility index (Phi) is 6.92. The molecule has 1 aliphatic heterocycles. The molecule has 0 saturated carbocycles. The van der Waals surface area contributed by atoms with Gasteiger partial charge >= 0.3 is 0 Å². The Hall–Kier alpha value is -1.60. The first kappa shape index (κ1) is 21.7. The van der Waals surface area contributed by atoms with E-state index < -0.39 is 25.0 Å². The van der Waals surface area contributed by atoms with E-state index in [2.05, 4.69) is 0 Å². The maximum Gasteiger partial charge on any atom is 0.270 e. The number of rotatable bonds is 8. The van der Waals surface area contributed by atoms with Crippen LogP contribution in [0.25, 0.3) is 0 Å². The van der Waals surface area contributed by atoms with Gasteiger partial charge in [-0.2, -0.15) is 4.31 Å². The fraction of sp³-hybridized carbons (Fsp3) is 0.600. The Labute approximate surface area is 159 Å². The van der Waals surface area contributed by atoms with Crippen molar-refractivity contribution in [2.75, 3.05) is 52.6 Å². The first-order valence-electron chi connectivity index (χ1n) is 8.41. The molecule has 27 heavy (non-hydrogen) atoms. The molecule has 1 fully saturated rings. The third-order valence-corrected chi connectivity index (χ3v) is 8.24. The number of nitro benzene ring substituents is 1. The van der Waals surface area contributed by atoms with E-state index in [-0.39, 0.29) is 29.4 Å². The average Bonchev–Trinajstić information content (AvgIpc) is 2.62. The summed E-state index contributed by atoms with van der Waals surface area (Å²) in [6.07, 6.45) is 0.470. The van der Waals surface area contributed by atoms with Gasteiger partial charge in [0, 0.05) is 52.4 Å². The van der Waals surface area contributed by atoms with Crippen LogP contribution in [0.5, 0.6) is 0 Å². The number of sulfonamides is 2. The largest absolute Gasteiger partial charge is 0.301 e. The molecule has 0 N–H and O–H groups in total. The minimum atomic E-state index is -3.80. The number of piperazine rings is 1. The molecule has 1 aliphatic rings. The van der Waals surface area contributed by atoms with Crippen molar-refractivity contribution in [1.29, 1.82) is 0 Å². The van der Waals surface area contributed by atoms with Crippen LogP contribution in [-0.4, -0.2) is 87.8 Å². The van der Waals surface area contributed by atoms with Crippen molar-refractivity contribution in [2.45, 2.75) is 11.3 Å². The summed E-state index contributed by atoms with van der Waals surface area (Å²) >= 11 is 0. The maximum absolute atomic E-state index is 12.7. The highest BCUT2D eigenvalue weighted by atomic mass is 32.2. The Balaban J connectivity index is 1.93. The van der Waals surface area contributed by atoms with Gasteiger partial charge in [-0.25, -0.2) is 21.1 Å². The van der Waals surface area contributed by atoms with E-state index in [1.807, 2.05) is 4.90 Å². The lowest BCUT2D eigenvalue weighted by Crippen LogP contribution is -2.48. The highest BCUT2D eigenvalue weighted by Crippen LogP contribution is 2.22. The van der Waals surface area contributed by atoms with Crippen molar-refractivity contribution in [1.82, 2.24) is 13.5 Å². The zero-order valence-electron chi connectivity index (χ0n) is 15.3. The molecule has 0 radical (unpaired) electrons. The zero-order valence-corrected chi connectivity index (χ0v) is 16.9. The summed E-state index contributed by atoms with van der Waals surface area (Å²) in [6, 6.07) is 5.01. The second kappa shape index (κ2) is 8.61. The van der Waals surface area contributed by atoms with Gasteiger partial charge in [0.2, 0.25) is 20.0 Å². The van der Waals surface area contributed by atoms with Gasteiger partial charge in [0.25, 0.3) is 5.69 Å². The van der Waals surface area contributed by atoms with Gasteiger partial charge in [0.15, 0.2) is 0 Å². The fourth-order valence-electron chi connectivity index (χ4n) is 2.75. The molecule has 10 nitrogen and oxygen atoms in total. The highest BCUT2D eigenvalue weighted by Gasteiger charge is 2.29. The summed E-state index contributed by atoms with van der Waals surface area (Å²) < 4.78 is 51.4. The van der Waals surface area contributed by atoms with Crippen LogP contribution in [0.15, 0.2) is 29.2 Å². The Morgan fingerprint density at radius 2 is 1.74 bits per heavy atom. The van der Waals surface area contributed by atoms with Gasteiger partial charge in [-0.1, -0.05) is 6.07 Å². The zero-order chi connectivity index (χ0) is 20.2. The molecule has 1 heterocycles. The molecule has 0 amide bonds. The minimum absolute atomic E-state index is 0.0478. The molecule has 0 unspecified atom stereocenters. The summed E-state index contributed by atoms with van der Waals surface area (Å²) in [7, 11) is -4.05. The number of benzene rings is 1. The smallest absolute Gasteiger partial charge is 0.270 e. The van der Waals surface area contributed by atoms with Crippen molar-refractivity contribution in [3.05, 3.63) is 34.4 Å². The van der Waals surface area contributed by atoms with E-state index in [0.717, 1.165) is 6.07 Å². The lowest BCUT2D eigenvalue weighted by atomic mass is 10.3. The van der Waals surface area contributed by atoms with Crippen molar-refractivity contribution in [3.8, 4) is 0 Å². The number of nitrogens with zero attached hydrogens (tertiary/aromatic N) is 4. The first-order valence-corrected chi connectivity index (χ1v) is 11.5. The van der Waals surface area contributed by atoms with Gasteiger partial charge in [0.05, 0.1) is 15.6 Å². The molecule has 152 valence electrons. The number of hydrogen-bond donors (Lipinski definition) is 0. The van der Waals surface area contributed by atoms with E-state index in [0.29, 0.717) is 26.1 Å². The Bertz CT molecular complexity index is 877. The third kappa shape index (κ3) is 5.45. The van der Waals surface area contributed by atoms with Crippen LogP contribution >= 0.6 is 0 Å². The van der Waals surface area contributed by atoms with Crippen LogP contribution < -0.4 is 0 Å².